The molecule has 4 rings (SSSR count). The van der Waals surface area contributed by atoms with E-state index in [1.54, 1.807) is 0 Å². The van der Waals surface area contributed by atoms with Crippen molar-refractivity contribution in [1.29, 1.82) is 0 Å². The molecule has 8 atom stereocenters. The molecule has 0 spiro atoms. The van der Waals surface area contributed by atoms with E-state index >= 15 is 0 Å². The van der Waals surface area contributed by atoms with E-state index < -0.39 is 6.10 Å². The van der Waals surface area contributed by atoms with Gasteiger partial charge < -0.3 is 15.0 Å². The second-order valence-corrected chi connectivity index (χ2v) is 10.4. The number of aldehydes is 1. The molecule has 4 saturated carbocycles. The standard InChI is InChI=1S/C23H36O3.6C2H6.CH4O/c1-22-13-11-17-19(16(22)10-9-15(22)7-4-6-14-24)21(26)20(25)18-8-3-5-12-23(17,18)2;7*1-2/h14-20,25H,3-13H2,1-2H3;6*1-2H3;2H,1H3. The van der Waals surface area contributed by atoms with Gasteiger partial charge in [-0.1, -0.05) is 110 Å². The first kappa shape index (κ1) is 46.2. The monoisotopic (exact) mass is 573 g/mol. The van der Waals surface area contributed by atoms with Crippen LogP contribution in [0.4, 0.5) is 0 Å². The number of carbonyl (C=O) groups is 2. The Balaban J connectivity index is -0.000000406. The Hall–Kier alpha value is -0.740. The van der Waals surface area contributed by atoms with Crippen LogP contribution in [0.1, 0.15) is 168 Å². The summed E-state index contributed by atoms with van der Waals surface area (Å²) in [5, 5.41) is 17.9. The summed E-state index contributed by atoms with van der Waals surface area (Å²) in [5.41, 5.74) is 0.393. The number of rotatable bonds is 4. The highest BCUT2D eigenvalue weighted by Crippen LogP contribution is 2.67. The van der Waals surface area contributed by atoms with Crippen LogP contribution in [-0.2, 0) is 9.59 Å². The van der Waals surface area contributed by atoms with Crippen molar-refractivity contribution in [2.24, 2.45) is 40.4 Å². The summed E-state index contributed by atoms with van der Waals surface area (Å²) in [6.45, 7) is 28.8. The lowest BCUT2D eigenvalue weighted by atomic mass is 9.44. The van der Waals surface area contributed by atoms with Gasteiger partial charge in [0.05, 0.1) is 0 Å². The van der Waals surface area contributed by atoms with Crippen LogP contribution in [0.25, 0.3) is 0 Å². The van der Waals surface area contributed by atoms with E-state index in [0.717, 1.165) is 45.5 Å². The summed E-state index contributed by atoms with van der Waals surface area (Å²) in [6, 6.07) is 0. The van der Waals surface area contributed by atoms with Crippen molar-refractivity contribution in [1.82, 2.24) is 0 Å². The second kappa shape index (κ2) is 27.1. The SMILES string of the molecule is CC.CC.CC.CC.CC.CC.CC12CCC3C(C(=O)C(O)C4CCCCC43C)C1CCC2CCCC=O.CO. The molecular weight excluding hydrogens is 496 g/mol. The van der Waals surface area contributed by atoms with Crippen LogP contribution in [-0.4, -0.2) is 35.5 Å². The highest BCUT2D eigenvalue weighted by Gasteiger charge is 2.64. The zero-order valence-corrected chi connectivity index (χ0v) is 30.0. The lowest BCUT2D eigenvalue weighted by Gasteiger charge is -2.60. The first-order valence-corrected chi connectivity index (χ1v) is 17.5. The molecule has 4 nitrogen and oxygen atoms in total. The molecule has 0 amide bonds. The number of hydrogen-bond donors (Lipinski definition) is 2. The number of aliphatic hydroxyl groups is 2. The minimum Gasteiger partial charge on any atom is -0.400 e. The molecule has 4 aliphatic carbocycles. The van der Waals surface area contributed by atoms with Gasteiger partial charge >= 0.3 is 0 Å². The summed E-state index contributed by atoms with van der Waals surface area (Å²) < 4.78 is 0. The maximum absolute atomic E-state index is 13.3. The molecule has 4 fully saturated rings. The fourth-order valence-electron chi connectivity index (χ4n) is 8.07. The van der Waals surface area contributed by atoms with Gasteiger partial charge in [-0.3, -0.25) is 4.79 Å². The molecule has 244 valence electrons. The molecule has 4 heteroatoms. The van der Waals surface area contributed by atoms with Crippen LogP contribution in [0.5, 0.6) is 0 Å². The molecule has 0 radical (unpaired) electrons. The fourth-order valence-corrected chi connectivity index (χ4v) is 8.07. The van der Waals surface area contributed by atoms with Gasteiger partial charge in [-0.15, -0.1) is 0 Å². The second-order valence-electron chi connectivity index (χ2n) is 10.4. The van der Waals surface area contributed by atoms with Crippen LogP contribution in [0.15, 0.2) is 0 Å². The Morgan fingerprint density at radius 3 is 1.70 bits per heavy atom. The molecule has 0 aromatic carbocycles. The van der Waals surface area contributed by atoms with Gasteiger partial charge in [-0.2, -0.15) is 0 Å². The first-order chi connectivity index (χ1) is 19.4. The molecule has 0 heterocycles. The van der Waals surface area contributed by atoms with Crippen molar-refractivity contribution in [2.45, 2.75) is 174 Å². The average molecular weight is 573 g/mol. The van der Waals surface area contributed by atoms with Gasteiger partial charge in [-0.25, -0.2) is 0 Å². The largest absolute Gasteiger partial charge is 0.400 e. The summed E-state index contributed by atoms with van der Waals surface area (Å²) in [5.74, 6) is 2.04. The molecule has 0 saturated heterocycles. The third-order valence-corrected chi connectivity index (χ3v) is 9.52. The zero-order valence-electron chi connectivity index (χ0n) is 30.0. The van der Waals surface area contributed by atoms with Crippen molar-refractivity contribution in [3.8, 4) is 0 Å². The minimum absolute atomic E-state index is 0.0826. The van der Waals surface area contributed by atoms with Gasteiger partial charge in [0, 0.05) is 19.4 Å². The number of fused-ring (bicyclic) bond motifs is 5. The van der Waals surface area contributed by atoms with E-state index in [4.69, 9.17) is 5.11 Å². The van der Waals surface area contributed by atoms with E-state index in [1.165, 1.54) is 32.1 Å². The number of Topliss-reactive ketones (excluding diaryl/α,β-unsaturated/α-hetero) is 1. The smallest absolute Gasteiger partial charge is 0.165 e. The van der Waals surface area contributed by atoms with Crippen molar-refractivity contribution in [3.63, 3.8) is 0 Å². The highest BCUT2D eigenvalue weighted by atomic mass is 16.3. The molecule has 2 N–H and O–H groups in total. The molecule has 8 unspecified atom stereocenters. The number of ketones is 1. The molecule has 0 aromatic heterocycles. The molecule has 0 bridgehead atoms. The summed E-state index contributed by atoms with van der Waals surface area (Å²) in [7, 11) is 1.00. The fraction of sp³-hybridized carbons (Fsp3) is 0.944. The van der Waals surface area contributed by atoms with Gasteiger partial charge in [0.15, 0.2) is 5.78 Å². The van der Waals surface area contributed by atoms with Crippen LogP contribution in [0, 0.1) is 40.4 Å². The predicted octanol–water partition coefficient (Wildman–Crippen LogP) is 10.3. The van der Waals surface area contributed by atoms with Gasteiger partial charge in [0.25, 0.3) is 0 Å². The Bertz CT molecular complexity index is 577. The maximum Gasteiger partial charge on any atom is 0.165 e. The predicted molar refractivity (Wildman–Crippen MR) is 178 cm³/mol. The normalized spacial score (nSPS) is 34.0. The van der Waals surface area contributed by atoms with E-state index in [0.29, 0.717) is 24.2 Å². The van der Waals surface area contributed by atoms with E-state index in [9.17, 15) is 14.7 Å². The third kappa shape index (κ3) is 10.8. The number of aliphatic hydroxyl groups excluding tert-OH is 2. The van der Waals surface area contributed by atoms with Crippen molar-refractivity contribution in [3.05, 3.63) is 0 Å². The number of carbonyl (C=O) groups excluding carboxylic acids is 2. The third-order valence-electron chi connectivity index (χ3n) is 9.52. The van der Waals surface area contributed by atoms with Crippen LogP contribution < -0.4 is 0 Å². The summed E-state index contributed by atoms with van der Waals surface area (Å²) >= 11 is 0. The number of unbranched alkanes of at least 4 members (excludes halogenated alkanes) is 1. The Morgan fingerprint density at radius 2 is 1.20 bits per heavy atom. The Morgan fingerprint density at radius 1 is 0.700 bits per heavy atom. The summed E-state index contributed by atoms with van der Waals surface area (Å²) in [4.78, 5) is 24.0. The molecular formula is C36H76O4. The Labute approximate surface area is 252 Å². The van der Waals surface area contributed by atoms with Crippen molar-refractivity contribution >= 4 is 12.1 Å². The van der Waals surface area contributed by atoms with Crippen LogP contribution >= 0.6 is 0 Å². The lowest BCUT2D eigenvalue weighted by molar-refractivity contribution is -0.177. The average Bonchev–Trinajstić information content (AvgIpc) is 3.38. The van der Waals surface area contributed by atoms with Gasteiger partial charge in [0.2, 0.25) is 0 Å². The molecule has 40 heavy (non-hydrogen) atoms. The highest BCUT2D eigenvalue weighted by molar-refractivity contribution is 5.87. The Kier molecular flexibility index (Phi) is 31.3. The zero-order chi connectivity index (χ0) is 32.5. The van der Waals surface area contributed by atoms with E-state index in [1.807, 2.05) is 83.1 Å². The first-order valence-electron chi connectivity index (χ1n) is 17.5. The van der Waals surface area contributed by atoms with E-state index in [2.05, 4.69) is 13.8 Å². The molecule has 0 aliphatic heterocycles. The molecule has 0 aromatic rings. The van der Waals surface area contributed by atoms with Crippen LogP contribution in [0.2, 0.25) is 0 Å². The minimum atomic E-state index is -0.724. The van der Waals surface area contributed by atoms with Gasteiger partial charge in [-0.05, 0) is 85.9 Å². The van der Waals surface area contributed by atoms with Crippen molar-refractivity contribution in [2.75, 3.05) is 7.11 Å². The lowest BCUT2D eigenvalue weighted by Crippen LogP contribution is -2.61. The maximum atomic E-state index is 13.3. The van der Waals surface area contributed by atoms with Gasteiger partial charge in [0.1, 0.15) is 12.4 Å². The molecule has 4 aliphatic rings. The quantitative estimate of drug-likeness (QED) is 0.259. The van der Waals surface area contributed by atoms with Crippen molar-refractivity contribution < 1.29 is 19.8 Å². The van der Waals surface area contributed by atoms with Crippen LogP contribution in [0.3, 0.4) is 0 Å². The number of hydrogen-bond acceptors (Lipinski definition) is 4. The topological polar surface area (TPSA) is 74.6 Å². The van der Waals surface area contributed by atoms with E-state index in [-0.39, 0.29) is 28.4 Å². The summed E-state index contributed by atoms with van der Waals surface area (Å²) in [6.07, 6.45) is 12.5.